The number of nitrogens with zero attached hydrogens (tertiary/aromatic N) is 2. The average Bonchev–Trinajstić information content (AvgIpc) is 3.11. The zero-order chi connectivity index (χ0) is 13.9. The summed E-state index contributed by atoms with van der Waals surface area (Å²) >= 11 is 3.08. The number of fused-ring (bicyclic) bond motifs is 1. The van der Waals surface area contributed by atoms with Crippen LogP contribution in [0.5, 0.6) is 0 Å². The summed E-state index contributed by atoms with van der Waals surface area (Å²) < 4.78 is 1.66. The molecular formula is C15H12N2OS2. The van der Waals surface area contributed by atoms with E-state index in [-0.39, 0.29) is 5.91 Å². The molecule has 0 spiro atoms. The van der Waals surface area contributed by atoms with Crippen LogP contribution in [-0.2, 0) is 0 Å². The fourth-order valence-electron chi connectivity index (χ4n) is 1.97. The zero-order valence-electron chi connectivity index (χ0n) is 10.8. The molecule has 0 N–H and O–H groups in total. The van der Waals surface area contributed by atoms with Crippen molar-refractivity contribution in [3.05, 3.63) is 52.7 Å². The standard InChI is InChI=1S/C15H12N2OS2/c1-19-15-16-12-6-2-3-7-13(12)17(15)14(18)9-8-11-5-4-10-20-11/h2-10H,1H3. The van der Waals surface area contributed by atoms with Crippen molar-refractivity contribution in [2.24, 2.45) is 0 Å². The zero-order valence-corrected chi connectivity index (χ0v) is 12.4. The van der Waals surface area contributed by atoms with Crippen molar-refractivity contribution in [1.29, 1.82) is 0 Å². The van der Waals surface area contributed by atoms with Crippen LogP contribution in [0.2, 0.25) is 0 Å². The lowest BCUT2D eigenvalue weighted by molar-refractivity contribution is 0.0965. The molecule has 0 saturated heterocycles. The van der Waals surface area contributed by atoms with E-state index in [2.05, 4.69) is 4.98 Å². The molecule has 2 heterocycles. The quantitative estimate of drug-likeness (QED) is 0.538. The Balaban J connectivity index is 2.02. The molecule has 3 nitrogen and oxygen atoms in total. The third kappa shape index (κ3) is 2.42. The highest BCUT2D eigenvalue weighted by atomic mass is 32.2. The van der Waals surface area contributed by atoms with Gasteiger partial charge in [0.1, 0.15) is 0 Å². The molecule has 2 aromatic heterocycles. The molecular weight excluding hydrogens is 288 g/mol. The lowest BCUT2D eigenvalue weighted by atomic mass is 10.3. The highest BCUT2D eigenvalue weighted by Gasteiger charge is 2.13. The number of carbonyl (C=O) groups excluding carboxylic acids is 1. The highest BCUT2D eigenvalue weighted by molar-refractivity contribution is 7.98. The van der Waals surface area contributed by atoms with E-state index in [4.69, 9.17) is 0 Å². The predicted molar refractivity (Wildman–Crippen MR) is 85.5 cm³/mol. The van der Waals surface area contributed by atoms with Crippen LogP contribution < -0.4 is 0 Å². The molecule has 0 atom stereocenters. The summed E-state index contributed by atoms with van der Waals surface area (Å²) in [6.45, 7) is 0. The number of rotatable bonds is 3. The van der Waals surface area contributed by atoms with Gasteiger partial charge in [-0.05, 0) is 35.9 Å². The van der Waals surface area contributed by atoms with E-state index in [1.165, 1.54) is 11.8 Å². The SMILES string of the molecule is CSc1nc2ccccc2n1C(=O)C=Cc1cccs1. The first-order valence-corrected chi connectivity index (χ1v) is 8.17. The maximum Gasteiger partial charge on any atom is 0.257 e. The maximum absolute atomic E-state index is 12.4. The van der Waals surface area contributed by atoms with Gasteiger partial charge >= 0.3 is 0 Å². The summed E-state index contributed by atoms with van der Waals surface area (Å²) in [5.74, 6) is -0.0727. The van der Waals surface area contributed by atoms with Crippen LogP contribution in [0.3, 0.4) is 0 Å². The van der Waals surface area contributed by atoms with Gasteiger partial charge in [0.05, 0.1) is 11.0 Å². The second-order valence-corrected chi connectivity index (χ2v) is 5.86. The Morgan fingerprint density at radius 2 is 2.15 bits per heavy atom. The van der Waals surface area contributed by atoms with Crippen LogP contribution in [0.1, 0.15) is 9.67 Å². The van der Waals surface area contributed by atoms with Crippen LogP contribution in [0.15, 0.2) is 53.0 Å². The average molecular weight is 300 g/mol. The van der Waals surface area contributed by atoms with Gasteiger partial charge < -0.3 is 0 Å². The molecule has 0 radical (unpaired) electrons. The first-order valence-electron chi connectivity index (χ1n) is 6.07. The summed E-state index contributed by atoms with van der Waals surface area (Å²) in [4.78, 5) is 18.0. The van der Waals surface area contributed by atoms with Gasteiger partial charge in [0.2, 0.25) is 0 Å². The van der Waals surface area contributed by atoms with Crippen LogP contribution >= 0.6 is 23.1 Å². The minimum absolute atomic E-state index is 0.0727. The molecule has 0 bridgehead atoms. The second-order valence-electron chi connectivity index (χ2n) is 4.11. The summed E-state index contributed by atoms with van der Waals surface area (Å²) in [7, 11) is 0. The van der Waals surface area contributed by atoms with Crippen molar-refractivity contribution in [2.45, 2.75) is 5.16 Å². The van der Waals surface area contributed by atoms with Crippen molar-refractivity contribution in [3.63, 3.8) is 0 Å². The van der Waals surface area contributed by atoms with Gasteiger partial charge in [0.25, 0.3) is 5.91 Å². The van der Waals surface area contributed by atoms with E-state index in [0.29, 0.717) is 5.16 Å². The Hall–Kier alpha value is -1.85. The van der Waals surface area contributed by atoms with E-state index < -0.39 is 0 Å². The van der Waals surface area contributed by atoms with E-state index in [1.807, 2.05) is 54.1 Å². The van der Waals surface area contributed by atoms with Crippen LogP contribution in [0.25, 0.3) is 17.1 Å². The van der Waals surface area contributed by atoms with Gasteiger partial charge in [-0.3, -0.25) is 9.36 Å². The molecule has 0 saturated carbocycles. The van der Waals surface area contributed by atoms with Crippen LogP contribution in [0.4, 0.5) is 0 Å². The number of thiophene rings is 1. The summed E-state index contributed by atoms with van der Waals surface area (Å²) in [6, 6.07) is 11.6. The smallest absolute Gasteiger partial charge is 0.257 e. The fourth-order valence-corrected chi connectivity index (χ4v) is 3.15. The van der Waals surface area contributed by atoms with Gasteiger partial charge in [-0.25, -0.2) is 4.98 Å². The molecule has 20 heavy (non-hydrogen) atoms. The summed E-state index contributed by atoms with van der Waals surface area (Å²) in [5.41, 5.74) is 1.69. The Bertz CT molecular complexity index is 772. The molecule has 1 aromatic carbocycles. The third-order valence-corrected chi connectivity index (χ3v) is 4.34. The number of hydrogen-bond acceptors (Lipinski definition) is 4. The number of aromatic nitrogens is 2. The lowest BCUT2D eigenvalue weighted by Crippen LogP contribution is -2.08. The second kappa shape index (κ2) is 5.64. The molecule has 0 aliphatic carbocycles. The van der Waals surface area contributed by atoms with Crippen molar-refractivity contribution in [1.82, 2.24) is 9.55 Å². The predicted octanol–water partition coefficient (Wildman–Crippen LogP) is 4.17. The molecule has 0 aliphatic heterocycles. The Labute approximate surface area is 125 Å². The van der Waals surface area contributed by atoms with Gasteiger partial charge in [-0.1, -0.05) is 30.0 Å². The molecule has 0 amide bonds. The number of thioether (sulfide) groups is 1. The van der Waals surface area contributed by atoms with Crippen molar-refractivity contribution in [2.75, 3.05) is 6.26 Å². The lowest BCUT2D eigenvalue weighted by Gasteiger charge is -2.02. The monoisotopic (exact) mass is 300 g/mol. The summed E-state index contributed by atoms with van der Waals surface area (Å²) in [5, 5.41) is 2.71. The van der Waals surface area contributed by atoms with E-state index >= 15 is 0 Å². The Kier molecular flexibility index (Phi) is 3.71. The highest BCUT2D eigenvalue weighted by Crippen LogP contribution is 2.22. The number of imidazole rings is 1. The Morgan fingerprint density at radius 1 is 1.30 bits per heavy atom. The number of hydrogen-bond donors (Lipinski definition) is 0. The third-order valence-electron chi connectivity index (χ3n) is 2.87. The van der Waals surface area contributed by atoms with Gasteiger partial charge in [-0.2, -0.15) is 0 Å². The summed E-state index contributed by atoms with van der Waals surface area (Å²) in [6.07, 6.45) is 5.36. The molecule has 5 heteroatoms. The van der Waals surface area contributed by atoms with Gasteiger partial charge in [-0.15, -0.1) is 11.3 Å². The minimum Gasteiger partial charge on any atom is -0.269 e. The number of carbonyl (C=O) groups is 1. The normalized spacial score (nSPS) is 11.4. The topological polar surface area (TPSA) is 34.9 Å². The number of benzene rings is 1. The number of para-hydroxylation sites is 2. The number of allylic oxidation sites excluding steroid dienone is 1. The van der Waals surface area contributed by atoms with Crippen molar-refractivity contribution >= 4 is 46.1 Å². The van der Waals surface area contributed by atoms with E-state index in [0.717, 1.165) is 15.9 Å². The fraction of sp³-hybridized carbons (Fsp3) is 0.0667. The largest absolute Gasteiger partial charge is 0.269 e. The first-order chi connectivity index (χ1) is 9.79. The van der Waals surface area contributed by atoms with E-state index in [1.54, 1.807) is 22.0 Å². The van der Waals surface area contributed by atoms with Crippen molar-refractivity contribution < 1.29 is 4.79 Å². The van der Waals surface area contributed by atoms with E-state index in [9.17, 15) is 4.79 Å². The van der Waals surface area contributed by atoms with Gasteiger partial charge in [0.15, 0.2) is 5.16 Å². The van der Waals surface area contributed by atoms with Crippen LogP contribution in [-0.4, -0.2) is 21.7 Å². The minimum atomic E-state index is -0.0727. The first kappa shape index (κ1) is 13.1. The molecule has 100 valence electrons. The molecule has 0 aliphatic rings. The molecule has 3 rings (SSSR count). The molecule has 3 aromatic rings. The van der Waals surface area contributed by atoms with Crippen LogP contribution in [0, 0.1) is 0 Å². The van der Waals surface area contributed by atoms with Gasteiger partial charge in [0, 0.05) is 11.0 Å². The van der Waals surface area contributed by atoms with Crippen molar-refractivity contribution in [3.8, 4) is 0 Å². The molecule has 0 fully saturated rings. The Morgan fingerprint density at radius 3 is 2.90 bits per heavy atom. The maximum atomic E-state index is 12.4. The molecule has 0 unspecified atom stereocenters.